The third-order valence-corrected chi connectivity index (χ3v) is 0.856. The summed E-state index contributed by atoms with van der Waals surface area (Å²) in [5, 5.41) is 8.59. The van der Waals surface area contributed by atoms with Crippen LogP contribution in [0.2, 0.25) is 0 Å². The van der Waals surface area contributed by atoms with Crippen LogP contribution in [0.15, 0.2) is 0 Å². The number of carbonyl (C=O) groups is 1. The van der Waals surface area contributed by atoms with Crippen LogP contribution in [0.3, 0.4) is 0 Å². The Morgan fingerprint density at radius 2 is 2.12 bits per heavy atom. The number of aliphatic hydroxyl groups excluding tert-OH is 1. The van der Waals surface area contributed by atoms with Crippen molar-refractivity contribution in [3.05, 3.63) is 0 Å². The Balaban J connectivity index is 0. The van der Waals surface area contributed by atoms with Gasteiger partial charge in [0.25, 0.3) is 0 Å². The number of hydrogen-bond acceptors (Lipinski definition) is 2. The predicted molar refractivity (Wildman–Crippen MR) is 27.0 cm³/mol. The van der Waals surface area contributed by atoms with Crippen molar-refractivity contribution in [3.63, 3.8) is 0 Å². The van der Waals surface area contributed by atoms with Gasteiger partial charge in [-0.05, 0) is 13.3 Å². The summed E-state index contributed by atoms with van der Waals surface area (Å²) in [7, 11) is 0. The summed E-state index contributed by atoms with van der Waals surface area (Å²) in [6.45, 7) is 3.15. The van der Waals surface area contributed by atoms with Crippen LogP contribution < -0.4 is 0 Å². The van der Waals surface area contributed by atoms with Gasteiger partial charge in [0.1, 0.15) is 6.10 Å². The molecule has 0 rings (SSSR count). The van der Waals surface area contributed by atoms with Crippen molar-refractivity contribution in [1.82, 2.24) is 0 Å². The number of rotatable bonds is 2. The van der Waals surface area contributed by atoms with Gasteiger partial charge in [0.15, 0.2) is 5.78 Å². The van der Waals surface area contributed by atoms with E-state index in [0.29, 0.717) is 6.42 Å². The number of ketones is 1. The smallest absolute Gasteiger partial charge is 0.158 e. The van der Waals surface area contributed by atoms with E-state index >= 15 is 0 Å². The average molecular weight is 168 g/mol. The van der Waals surface area contributed by atoms with E-state index in [1.807, 2.05) is 0 Å². The summed E-state index contributed by atoms with van der Waals surface area (Å²) in [5.41, 5.74) is 0. The molecule has 0 saturated carbocycles. The molecule has 0 aliphatic carbocycles. The van der Waals surface area contributed by atoms with E-state index in [-0.39, 0.29) is 25.3 Å². The quantitative estimate of drug-likeness (QED) is 0.603. The molecule has 3 heteroatoms. The standard InChI is InChI=1S/C5H10O2.Zn/c1-3-5(7)4(2)6;/h5,7H,3H2,1-2H3;. The first-order valence-corrected chi connectivity index (χ1v) is 2.37. The minimum absolute atomic E-state index is 0. The van der Waals surface area contributed by atoms with Crippen LogP contribution in [0, 0.1) is 0 Å². The Bertz CT molecular complexity index is 72.8. The molecule has 1 atom stereocenters. The fourth-order valence-electron chi connectivity index (χ4n) is 0.287. The van der Waals surface area contributed by atoms with Crippen molar-refractivity contribution in [2.24, 2.45) is 0 Å². The van der Waals surface area contributed by atoms with Gasteiger partial charge in [-0.1, -0.05) is 6.92 Å². The normalized spacial score (nSPS) is 11.9. The second-order valence-electron chi connectivity index (χ2n) is 1.53. The van der Waals surface area contributed by atoms with Crippen molar-refractivity contribution in [3.8, 4) is 0 Å². The minimum Gasteiger partial charge on any atom is -0.385 e. The summed E-state index contributed by atoms with van der Waals surface area (Å²) >= 11 is 0. The molecule has 0 aliphatic heterocycles. The Hall–Kier alpha value is 0.253. The Morgan fingerprint density at radius 3 is 2.12 bits per heavy atom. The van der Waals surface area contributed by atoms with Gasteiger partial charge < -0.3 is 5.11 Å². The van der Waals surface area contributed by atoms with E-state index in [9.17, 15) is 4.79 Å². The summed E-state index contributed by atoms with van der Waals surface area (Å²) in [5.74, 6) is -0.150. The van der Waals surface area contributed by atoms with E-state index in [1.165, 1.54) is 6.92 Å². The van der Waals surface area contributed by atoms with E-state index in [4.69, 9.17) is 5.11 Å². The topological polar surface area (TPSA) is 37.3 Å². The molecule has 0 aliphatic rings. The molecule has 1 unspecified atom stereocenters. The van der Waals surface area contributed by atoms with Gasteiger partial charge in [-0.3, -0.25) is 4.79 Å². The molecular formula is C5H10O2Zn. The van der Waals surface area contributed by atoms with Gasteiger partial charge >= 0.3 is 0 Å². The fourth-order valence-corrected chi connectivity index (χ4v) is 0.287. The van der Waals surface area contributed by atoms with Crippen LogP contribution in [0.5, 0.6) is 0 Å². The molecular weight excluding hydrogens is 157 g/mol. The van der Waals surface area contributed by atoms with Crippen molar-refractivity contribution < 1.29 is 29.4 Å². The number of hydrogen-bond donors (Lipinski definition) is 1. The molecule has 0 aromatic rings. The Kier molecular flexibility index (Phi) is 7.48. The Labute approximate surface area is 62.0 Å². The maximum Gasteiger partial charge on any atom is 0.158 e. The van der Waals surface area contributed by atoms with Crippen LogP contribution in [0.25, 0.3) is 0 Å². The SMILES string of the molecule is CCC(O)C(C)=O.[Zn]. The molecule has 0 heterocycles. The number of carbonyl (C=O) groups excluding carboxylic acids is 1. The van der Waals surface area contributed by atoms with Gasteiger partial charge in [-0.2, -0.15) is 0 Å². The van der Waals surface area contributed by atoms with Crippen molar-refractivity contribution in [2.45, 2.75) is 26.4 Å². The molecule has 0 spiro atoms. The summed E-state index contributed by atoms with van der Waals surface area (Å²) in [6.07, 6.45) is -0.213. The molecule has 0 amide bonds. The summed E-state index contributed by atoms with van der Waals surface area (Å²) < 4.78 is 0. The Morgan fingerprint density at radius 1 is 1.75 bits per heavy atom. The zero-order valence-electron chi connectivity index (χ0n) is 5.35. The first-order valence-electron chi connectivity index (χ1n) is 2.37. The van der Waals surface area contributed by atoms with Crippen LogP contribution in [0.4, 0.5) is 0 Å². The third-order valence-electron chi connectivity index (χ3n) is 0.856. The van der Waals surface area contributed by atoms with E-state index in [0.717, 1.165) is 0 Å². The molecule has 1 N–H and O–H groups in total. The molecule has 2 nitrogen and oxygen atoms in total. The maximum atomic E-state index is 10.1. The van der Waals surface area contributed by atoms with Crippen LogP contribution >= 0.6 is 0 Å². The largest absolute Gasteiger partial charge is 0.385 e. The van der Waals surface area contributed by atoms with E-state index in [2.05, 4.69) is 0 Å². The van der Waals surface area contributed by atoms with Crippen LogP contribution in [-0.4, -0.2) is 17.0 Å². The van der Waals surface area contributed by atoms with Gasteiger partial charge in [-0.15, -0.1) is 0 Å². The second-order valence-corrected chi connectivity index (χ2v) is 1.53. The molecule has 8 heavy (non-hydrogen) atoms. The molecule has 44 valence electrons. The zero-order valence-corrected chi connectivity index (χ0v) is 8.31. The third kappa shape index (κ3) is 4.41. The first-order chi connectivity index (χ1) is 3.18. The minimum atomic E-state index is -0.736. The molecule has 0 fully saturated rings. The first kappa shape index (κ1) is 11.1. The monoisotopic (exact) mass is 166 g/mol. The average Bonchev–Trinajstić information content (AvgIpc) is 1.65. The summed E-state index contributed by atoms with van der Waals surface area (Å²) in [6, 6.07) is 0. The number of aliphatic hydroxyl groups is 1. The van der Waals surface area contributed by atoms with E-state index in [1.54, 1.807) is 6.92 Å². The number of Topliss-reactive ketones (excluding diaryl/α,β-unsaturated/α-hetero) is 1. The maximum absolute atomic E-state index is 10.1. The molecule has 0 aromatic carbocycles. The summed E-state index contributed by atoms with van der Waals surface area (Å²) in [4.78, 5) is 10.1. The molecule has 0 saturated heterocycles. The van der Waals surface area contributed by atoms with Crippen molar-refractivity contribution in [1.29, 1.82) is 0 Å². The fraction of sp³-hybridized carbons (Fsp3) is 0.800. The van der Waals surface area contributed by atoms with Gasteiger partial charge in [0.2, 0.25) is 0 Å². The van der Waals surface area contributed by atoms with Gasteiger partial charge in [-0.25, -0.2) is 0 Å². The molecule has 0 bridgehead atoms. The van der Waals surface area contributed by atoms with Crippen molar-refractivity contribution in [2.75, 3.05) is 0 Å². The van der Waals surface area contributed by atoms with Gasteiger partial charge in [0.05, 0.1) is 0 Å². The molecule has 0 radical (unpaired) electrons. The van der Waals surface area contributed by atoms with E-state index < -0.39 is 6.10 Å². The predicted octanol–water partition coefficient (Wildman–Crippen LogP) is 0.344. The van der Waals surface area contributed by atoms with Crippen LogP contribution in [-0.2, 0) is 24.3 Å². The zero-order chi connectivity index (χ0) is 5.86. The molecule has 0 aromatic heterocycles. The van der Waals surface area contributed by atoms with Gasteiger partial charge in [0, 0.05) is 19.5 Å². The van der Waals surface area contributed by atoms with Crippen LogP contribution in [0.1, 0.15) is 20.3 Å². The second kappa shape index (κ2) is 5.39. The van der Waals surface area contributed by atoms with Crippen molar-refractivity contribution >= 4 is 5.78 Å².